The van der Waals surface area contributed by atoms with Gasteiger partial charge in [-0.25, -0.2) is 9.59 Å². The number of nitrogens with one attached hydrogen (secondary N) is 2. The smallest absolute Gasteiger partial charge is 0.350 e. The predicted molar refractivity (Wildman–Crippen MR) is 272 cm³/mol. The second-order valence-corrected chi connectivity index (χ2v) is 21.2. The van der Waals surface area contributed by atoms with Crippen LogP contribution in [0.1, 0.15) is 112 Å². The number of ketones is 1. The van der Waals surface area contributed by atoms with Crippen LogP contribution >= 0.6 is 0 Å². The van der Waals surface area contributed by atoms with Crippen LogP contribution in [0.5, 0.6) is 0 Å². The number of hydrogen-bond donors (Lipinski definition) is 4. The predicted octanol–water partition coefficient (Wildman–Crippen LogP) is 4.52. The van der Waals surface area contributed by atoms with E-state index in [1.807, 2.05) is 19.0 Å². The van der Waals surface area contributed by atoms with E-state index in [2.05, 4.69) is 10.6 Å². The van der Waals surface area contributed by atoms with Crippen LogP contribution in [-0.4, -0.2) is 144 Å². The molecule has 2 bridgehead atoms. The number of aliphatic hydroxyl groups excluding tert-OH is 1. The summed E-state index contributed by atoms with van der Waals surface area (Å²) in [5.41, 5.74) is -7.53. The molecule has 19 nitrogen and oxygen atoms in total. The first-order valence-electron chi connectivity index (χ1n) is 25.6. The minimum Gasteiger partial charge on any atom is -0.455 e. The van der Waals surface area contributed by atoms with Gasteiger partial charge in [0.15, 0.2) is 17.5 Å². The summed E-state index contributed by atoms with van der Waals surface area (Å²) in [5, 5.41) is 31.9. The maximum atomic E-state index is 15.8. The number of aliphatic hydroxyl groups is 2. The highest BCUT2D eigenvalue weighted by molar-refractivity contribution is 5.96. The van der Waals surface area contributed by atoms with Gasteiger partial charge in [-0.05, 0) is 88.3 Å². The van der Waals surface area contributed by atoms with Crippen LogP contribution in [0.4, 0.5) is 0 Å². The lowest BCUT2D eigenvalue weighted by molar-refractivity contribution is -0.346. The number of fused-ring (bicyclic) bond motifs is 5. The molecule has 1 saturated heterocycles. The standard InChI is InChI=1S/C57H69N3O16/c1-33-39(73-53(69)47(74-43(65)27-18-26-42(64)58-28-19-29-60(7)8)45(36-20-12-9-13-21-36)59-51(67)37-22-14-10-15-23-37)31-57(70)50(75-52(68)38-24-16-11-17-25-38)48-55(6,40(63)30-41-56(48,32-71-41)76-35(3)62)49(66)46(72-34(2)61)44(33)54(57,4)5/h9-17,20-25,39-41,45-48,50,63,70H,18-19,26-32H2,1-8H3,(H,58,64)(H,59,67)/t39?,40-,41?,45?,46+,47?,48?,50-,55+,56?,57+/m0/s1. The van der Waals surface area contributed by atoms with Crippen molar-refractivity contribution in [2.24, 2.45) is 16.7 Å². The molecule has 0 radical (unpaired) electrons. The summed E-state index contributed by atoms with van der Waals surface area (Å²) in [6, 6.07) is 22.7. The molecule has 1 heterocycles. The lowest BCUT2D eigenvalue weighted by atomic mass is 9.44. The van der Waals surface area contributed by atoms with Gasteiger partial charge in [0.1, 0.15) is 30.0 Å². The van der Waals surface area contributed by atoms with Gasteiger partial charge < -0.3 is 54.2 Å². The Balaban J connectivity index is 1.35. The van der Waals surface area contributed by atoms with Crippen molar-refractivity contribution >= 4 is 47.4 Å². The highest BCUT2D eigenvalue weighted by Gasteiger charge is 2.78. The molecule has 19 heteroatoms. The number of Topliss-reactive ketones (excluding diaryl/α,β-unsaturated/α-hetero) is 1. The number of rotatable bonds is 19. The summed E-state index contributed by atoms with van der Waals surface area (Å²) in [4.78, 5) is 115. The van der Waals surface area contributed by atoms with Crippen molar-refractivity contribution in [2.75, 3.05) is 33.8 Å². The van der Waals surface area contributed by atoms with Crippen molar-refractivity contribution in [3.05, 3.63) is 119 Å². The summed E-state index contributed by atoms with van der Waals surface area (Å²) in [6.45, 7) is 9.04. The average molecular weight is 1050 g/mol. The summed E-state index contributed by atoms with van der Waals surface area (Å²) in [6.07, 6.45) is -10.5. The Labute approximate surface area is 441 Å². The number of nitrogens with zero attached hydrogens (tertiary/aromatic N) is 1. The third-order valence-electron chi connectivity index (χ3n) is 15.6. The second kappa shape index (κ2) is 23.2. The minimum absolute atomic E-state index is 0.0343. The zero-order valence-electron chi connectivity index (χ0n) is 44.2. The van der Waals surface area contributed by atoms with Gasteiger partial charge in [0.05, 0.1) is 29.6 Å². The molecule has 3 aliphatic carbocycles. The summed E-state index contributed by atoms with van der Waals surface area (Å²) in [7, 11) is 3.84. The van der Waals surface area contributed by atoms with E-state index in [0.717, 1.165) is 20.4 Å². The maximum absolute atomic E-state index is 15.8. The highest BCUT2D eigenvalue weighted by atomic mass is 16.6. The molecule has 11 atom stereocenters. The summed E-state index contributed by atoms with van der Waals surface area (Å²) >= 11 is 0. The summed E-state index contributed by atoms with van der Waals surface area (Å²) < 4.78 is 36.9. The van der Waals surface area contributed by atoms with Gasteiger partial charge in [-0.15, -0.1) is 0 Å². The lowest BCUT2D eigenvalue weighted by Gasteiger charge is -2.67. The largest absolute Gasteiger partial charge is 0.455 e. The normalized spacial score (nSPS) is 28.1. The topological polar surface area (TPSA) is 260 Å². The van der Waals surface area contributed by atoms with E-state index in [9.17, 15) is 39.0 Å². The monoisotopic (exact) mass is 1050 g/mol. The van der Waals surface area contributed by atoms with Crippen LogP contribution in [0.25, 0.3) is 0 Å². The van der Waals surface area contributed by atoms with Gasteiger partial charge in [0, 0.05) is 57.1 Å². The van der Waals surface area contributed by atoms with E-state index in [4.69, 9.17) is 28.4 Å². The molecule has 0 aromatic heterocycles. The van der Waals surface area contributed by atoms with E-state index in [1.165, 1.54) is 26.0 Å². The van der Waals surface area contributed by atoms with Crippen LogP contribution < -0.4 is 10.6 Å². The number of amides is 2. The van der Waals surface area contributed by atoms with Gasteiger partial charge in [0.25, 0.3) is 5.91 Å². The minimum atomic E-state index is -2.48. The zero-order valence-corrected chi connectivity index (χ0v) is 44.2. The number of hydrogen-bond acceptors (Lipinski definition) is 17. The van der Waals surface area contributed by atoms with Gasteiger partial charge in [-0.1, -0.05) is 80.6 Å². The molecule has 3 aromatic carbocycles. The third-order valence-corrected chi connectivity index (χ3v) is 15.6. The first-order chi connectivity index (χ1) is 36.0. The molecule has 2 amide bonds. The van der Waals surface area contributed by atoms with Crippen LogP contribution in [0, 0.1) is 16.7 Å². The number of ether oxygens (including phenoxy) is 6. The van der Waals surface area contributed by atoms with Crippen molar-refractivity contribution in [3.63, 3.8) is 0 Å². The average Bonchev–Trinajstić information content (AvgIpc) is 3.48. The van der Waals surface area contributed by atoms with Crippen molar-refractivity contribution in [3.8, 4) is 0 Å². The van der Waals surface area contributed by atoms with Gasteiger partial charge in [0.2, 0.25) is 12.0 Å². The fourth-order valence-corrected chi connectivity index (χ4v) is 11.6. The molecule has 76 heavy (non-hydrogen) atoms. The first kappa shape index (κ1) is 56.9. The Morgan fingerprint density at radius 2 is 1.43 bits per heavy atom. The quantitative estimate of drug-likeness (QED) is 0.0557. The molecule has 408 valence electrons. The van der Waals surface area contributed by atoms with Gasteiger partial charge >= 0.3 is 29.8 Å². The molecule has 1 aliphatic heterocycles. The van der Waals surface area contributed by atoms with Crippen LogP contribution in [0.2, 0.25) is 0 Å². The number of esters is 5. The fraction of sp³-hybridized carbons (Fsp3) is 0.509. The van der Waals surface area contributed by atoms with E-state index in [1.54, 1.807) is 92.7 Å². The van der Waals surface area contributed by atoms with E-state index < -0.39 is 119 Å². The SMILES string of the molecule is CC(=O)O[C@H]1C(=O)[C@@]2(C)C([C@H](OC(=O)c3ccccc3)[C@]3(O)CC(OC(=O)C(OC(=O)CCCC(=O)NCCCN(C)C)C(NC(=O)c4ccccc4)c4ccccc4)C(C)=C1C3(C)C)C1(OC(C)=O)COC1C[C@@H]2O. The van der Waals surface area contributed by atoms with Crippen molar-refractivity contribution < 1.29 is 77.0 Å². The molecular weight excluding hydrogens is 983 g/mol. The Bertz CT molecular complexity index is 2700. The Kier molecular flexibility index (Phi) is 17.4. The molecular formula is C57H69N3O16. The summed E-state index contributed by atoms with van der Waals surface area (Å²) in [5.74, 6) is -8.30. The number of carbonyl (C=O) groups is 8. The molecule has 2 saturated carbocycles. The van der Waals surface area contributed by atoms with E-state index >= 15 is 9.59 Å². The van der Waals surface area contributed by atoms with E-state index in [0.29, 0.717) is 18.5 Å². The molecule has 3 aromatic rings. The lowest BCUT2D eigenvalue weighted by Crippen LogP contribution is -2.82. The second-order valence-electron chi connectivity index (χ2n) is 21.2. The molecule has 0 spiro atoms. The van der Waals surface area contributed by atoms with Gasteiger partial charge in [-0.2, -0.15) is 0 Å². The van der Waals surface area contributed by atoms with Crippen molar-refractivity contribution in [2.45, 2.75) is 134 Å². The zero-order chi connectivity index (χ0) is 55.3. The fourth-order valence-electron chi connectivity index (χ4n) is 11.6. The maximum Gasteiger partial charge on any atom is 0.350 e. The Hall–Kier alpha value is -6.80. The van der Waals surface area contributed by atoms with E-state index in [-0.39, 0.29) is 60.5 Å². The molecule has 3 fully saturated rings. The van der Waals surface area contributed by atoms with Crippen molar-refractivity contribution in [1.29, 1.82) is 0 Å². The first-order valence-corrected chi connectivity index (χ1v) is 25.6. The van der Waals surface area contributed by atoms with Gasteiger partial charge in [-0.3, -0.25) is 28.8 Å². The number of carbonyl (C=O) groups excluding carboxylic acids is 8. The molecule has 4 N–H and O–H groups in total. The molecule has 6 unspecified atom stereocenters. The number of benzene rings is 3. The molecule has 7 rings (SSSR count). The third kappa shape index (κ3) is 11.3. The highest BCUT2D eigenvalue weighted by Crippen LogP contribution is 2.64. The van der Waals surface area contributed by atoms with Crippen LogP contribution in [0.15, 0.2) is 102 Å². The van der Waals surface area contributed by atoms with Crippen LogP contribution in [0.3, 0.4) is 0 Å². The van der Waals surface area contributed by atoms with Crippen molar-refractivity contribution in [1.82, 2.24) is 15.5 Å². The molecule has 4 aliphatic rings. The van der Waals surface area contributed by atoms with Crippen LogP contribution in [-0.2, 0) is 57.2 Å². The Morgan fingerprint density at radius 1 is 0.816 bits per heavy atom. The Morgan fingerprint density at radius 3 is 2.01 bits per heavy atom.